The molecule has 0 fully saturated rings. The summed E-state index contributed by atoms with van der Waals surface area (Å²) in [5.41, 5.74) is 2.76. The van der Waals surface area contributed by atoms with Crippen LogP contribution in [0, 0.1) is 13.8 Å². The first-order valence-electron chi connectivity index (χ1n) is 3.58. The van der Waals surface area contributed by atoms with Gasteiger partial charge in [0.2, 0.25) is 0 Å². The molecule has 0 spiro atoms. The van der Waals surface area contributed by atoms with Crippen molar-refractivity contribution in [2.75, 3.05) is 12.2 Å². The Morgan fingerprint density at radius 2 is 1.91 bits per heavy atom. The third-order valence-corrected chi connectivity index (χ3v) is 1.68. The van der Waals surface area contributed by atoms with Crippen LogP contribution in [0.3, 0.4) is 0 Å². The third-order valence-electron chi connectivity index (χ3n) is 1.68. The predicted molar refractivity (Wildman–Crippen MR) is 45.4 cm³/mol. The summed E-state index contributed by atoms with van der Waals surface area (Å²) in [5.74, 6) is 0. The maximum absolute atomic E-state index is 12.7. The highest BCUT2D eigenvalue weighted by Gasteiger charge is 2.01. The van der Waals surface area contributed by atoms with Gasteiger partial charge in [-0.1, -0.05) is 17.7 Å². The summed E-state index contributed by atoms with van der Waals surface area (Å²) < 4.78 is 12.7. The fourth-order valence-electron chi connectivity index (χ4n) is 1.15. The van der Waals surface area contributed by atoms with E-state index in [0.717, 1.165) is 11.1 Å². The molecule has 2 heteroatoms. The van der Waals surface area contributed by atoms with Crippen molar-refractivity contribution in [3.05, 3.63) is 29.3 Å². The molecule has 0 aliphatic rings. The number of rotatable bonds is 1. The molecular formula is C9H12FN. The van der Waals surface area contributed by atoms with Gasteiger partial charge in [0.15, 0.2) is 0 Å². The molecule has 0 atom stereocenters. The normalized spacial score (nSPS) is 9.82. The molecule has 0 N–H and O–H groups in total. The Kier molecular flexibility index (Phi) is 2.13. The largest absolute Gasteiger partial charge is 0.215 e. The number of halogens is 1. The fraction of sp³-hybridized carbons (Fsp3) is 0.333. The number of nitrogens with zero attached hydrogens (tertiary/aromatic N) is 1. The maximum Gasteiger partial charge on any atom is 0.0713 e. The minimum absolute atomic E-state index is 0.634. The minimum atomic E-state index is 0.634. The number of benzene rings is 1. The first-order chi connectivity index (χ1) is 5.11. The van der Waals surface area contributed by atoms with Gasteiger partial charge < -0.3 is 0 Å². The van der Waals surface area contributed by atoms with Crippen LogP contribution in [0.4, 0.5) is 10.2 Å². The van der Waals surface area contributed by atoms with Crippen LogP contribution in [0.5, 0.6) is 0 Å². The second-order valence-corrected chi connectivity index (χ2v) is 2.77. The second kappa shape index (κ2) is 2.91. The van der Waals surface area contributed by atoms with Gasteiger partial charge in [-0.2, -0.15) is 0 Å². The Morgan fingerprint density at radius 3 is 2.36 bits per heavy atom. The van der Waals surface area contributed by atoms with Crippen molar-refractivity contribution in [1.82, 2.24) is 0 Å². The molecule has 1 aromatic carbocycles. The molecule has 0 saturated heterocycles. The summed E-state index contributed by atoms with van der Waals surface area (Å²) in [5, 5.41) is 0.634. The van der Waals surface area contributed by atoms with E-state index in [0.29, 0.717) is 10.8 Å². The first-order valence-corrected chi connectivity index (χ1v) is 3.58. The zero-order valence-corrected chi connectivity index (χ0v) is 7.06. The number of hydrogen-bond donors (Lipinski definition) is 0. The first kappa shape index (κ1) is 8.05. The Balaban J connectivity index is 3.09. The summed E-state index contributed by atoms with van der Waals surface area (Å²) in [7, 11) is 1.40. The van der Waals surface area contributed by atoms with Crippen LogP contribution in [-0.2, 0) is 0 Å². The van der Waals surface area contributed by atoms with Crippen LogP contribution in [0.2, 0.25) is 0 Å². The number of aryl methyl sites for hydroxylation is 2. The Labute approximate surface area is 66.4 Å². The van der Waals surface area contributed by atoms with Crippen molar-refractivity contribution in [2.45, 2.75) is 13.8 Å². The SMILES string of the molecule is Cc1ccc(N(C)F)c(C)c1. The molecule has 0 aliphatic carbocycles. The smallest absolute Gasteiger partial charge is 0.0713 e. The lowest BCUT2D eigenvalue weighted by Gasteiger charge is -2.10. The molecule has 0 amide bonds. The lowest BCUT2D eigenvalue weighted by atomic mass is 10.1. The van der Waals surface area contributed by atoms with E-state index >= 15 is 0 Å². The standard InChI is InChI=1S/C9H12FN/c1-7-4-5-9(11(3)10)8(2)6-7/h4-6H,1-3H3. The summed E-state index contributed by atoms with van der Waals surface area (Å²) in [6, 6.07) is 5.65. The van der Waals surface area contributed by atoms with Crippen molar-refractivity contribution >= 4 is 5.69 Å². The average molecular weight is 153 g/mol. The van der Waals surface area contributed by atoms with Crippen LogP contribution < -0.4 is 5.12 Å². The quantitative estimate of drug-likeness (QED) is 0.560. The van der Waals surface area contributed by atoms with Crippen molar-refractivity contribution in [3.8, 4) is 0 Å². The Bertz CT molecular complexity index is 256. The highest BCUT2D eigenvalue weighted by Crippen LogP contribution is 2.19. The maximum atomic E-state index is 12.7. The summed E-state index contributed by atoms with van der Waals surface area (Å²) in [6.07, 6.45) is 0. The van der Waals surface area contributed by atoms with Gasteiger partial charge in [-0.3, -0.25) is 0 Å². The number of anilines is 1. The molecular weight excluding hydrogens is 141 g/mol. The lowest BCUT2D eigenvalue weighted by Crippen LogP contribution is -2.03. The lowest BCUT2D eigenvalue weighted by molar-refractivity contribution is 0.475. The highest BCUT2D eigenvalue weighted by molar-refractivity contribution is 5.51. The van der Waals surface area contributed by atoms with Crippen LogP contribution >= 0.6 is 0 Å². The molecule has 1 rings (SSSR count). The van der Waals surface area contributed by atoms with E-state index in [1.165, 1.54) is 7.05 Å². The highest BCUT2D eigenvalue weighted by atomic mass is 19.2. The summed E-state index contributed by atoms with van der Waals surface area (Å²) >= 11 is 0. The van der Waals surface area contributed by atoms with Gasteiger partial charge in [-0.15, -0.1) is 4.48 Å². The fourth-order valence-corrected chi connectivity index (χ4v) is 1.15. The van der Waals surface area contributed by atoms with Crippen LogP contribution in [0.25, 0.3) is 0 Å². The van der Waals surface area contributed by atoms with Crippen molar-refractivity contribution in [3.63, 3.8) is 0 Å². The molecule has 0 unspecified atom stereocenters. The summed E-state index contributed by atoms with van der Waals surface area (Å²) in [4.78, 5) is 0. The van der Waals surface area contributed by atoms with Gasteiger partial charge in [-0.05, 0) is 25.5 Å². The molecule has 0 heterocycles. The van der Waals surface area contributed by atoms with E-state index in [4.69, 9.17) is 0 Å². The van der Waals surface area contributed by atoms with Gasteiger partial charge >= 0.3 is 0 Å². The molecule has 0 aromatic heterocycles. The van der Waals surface area contributed by atoms with Crippen LogP contribution in [0.1, 0.15) is 11.1 Å². The van der Waals surface area contributed by atoms with Gasteiger partial charge in [-0.25, -0.2) is 5.12 Å². The van der Waals surface area contributed by atoms with Crippen molar-refractivity contribution < 1.29 is 4.48 Å². The molecule has 1 aromatic rings. The topological polar surface area (TPSA) is 3.24 Å². The van der Waals surface area contributed by atoms with Crippen LogP contribution in [-0.4, -0.2) is 7.05 Å². The van der Waals surface area contributed by atoms with E-state index < -0.39 is 0 Å². The van der Waals surface area contributed by atoms with Crippen molar-refractivity contribution in [2.24, 2.45) is 0 Å². The van der Waals surface area contributed by atoms with E-state index in [1.54, 1.807) is 6.07 Å². The molecule has 1 nitrogen and oxygen atoms in total. The average Bonchev–Trinajstić information content (AvgIpc) is 1.85. The van der Waals surface area contributed by atoms with Crippen LogP contribution in [0.15, 0.2) is 18.2 Å². The molecule has 0 bridgehead atoms. The Hall–Kier alpha value is -1.05. The van der Waals surface area contributed by atoms with Gasteiger partial charge in [0.1, 0.15) is 0 Å². The molecule has 0 saturated carbocycles. The second-order valence-electron chi connectivity index (χ2n) is 2.77. The van der Waals surface area contributed by atoms with Gasteiger partial charge in [0, 0.05) is 7.05 Å². The number of hydrogen-bond acceptors (Lipinski definition) is 1. The van der Waals surface area contributed by atoms with E-state index in [2.05, 4.69) is 0 Å². The predicted octanol–water partition coefficient (Wildman–Crippen LogP) is 2.62. The minimum Gasteiger partial charge on any atom is -0.215 e. The van der Waals surface area contributed by atoms with Gasteiger partial charge in [0.25, 0.3) is 0 Å². The Morgan fingerprint density at radius 1 is 1.27 bits per heavy atom. The van der Waals surface area contributed by atoms with Gasteiger partial charge in [0.05, 0.1) is 5.69 Å². The molecule has 0 aliphatic heterocycles. The van der Waals surface area contributed by atoms with Crippen molar-refractivity contribution in [1.29, 1.82) is 0 Å². The molecule has 0 radical (unpaired) electrons. The zero-order chi connectivity index (χ0) is 8.43. The third kappa shape index (κ3) is 1.70. The van der Waals surface area contributed by atoms with E-state index in [-0.39, 0.29) is 0 Å². The summed E-state index contributed by atoms with van der Waals surface area (Å²) in [6.45, 7) is 3.90. The molecule has 60 valence electrons. The molecule has 11 heavy (non-hydrogen) atoms. The van der Waals surface area contributed by atoms with E-state index in [9.17, 15) is 4.48 Å². The monoisotopic (exact) mass is 153 g/mol. The zero-order valence-electron chi connectivity index (χ0n) is 7.06. The van der Waals surface area contributed by atoms with E-state index in [1.807, 2.05) is 26.0 Å².